The zero-order valence-corrected chi connectivity index (χ0v) is 5.74. The lowest BCUT2D eigenvalue weighted by Crippen LogP contribution is -2.18. The molecule has 0 aliphatic heterocycles. The number of hydrogen-bond donors (Lipinski definition) is 1. The van der Waals surface area contributed by atoms with Crippen molar-refractivity contribution in [2.75, 3.05) is 0 Å². The zero-order valence-electron chi connectivity index (χ0n) is 5.74. The molecule has 0 saturated heterocycles. The van der Waals surface area contributed by atoms with Crippen molar-refractivity contribution >= 4 is 0 Å². The lowest BCUT2D eigenvalue weighted by Gasteiger charge is -2.08. The molecule has 0 amide bonds. The summed E-state index contributed by atoms with van der Waals surface area (Å²) in [6, 6.07) is 1.77. The summed E-state index contributed by atoms with van der Waals surface area (Å²) in [6.07, 6.45) is 0.368. The number of nitrogens with two attached hydrogens (primary N) is 1. The van der Waals surface area contributed by atoms with Gasteiger partial charge in [0.15, 0.2) is 0 Å². The van der Waals surface area contributed by atoms with Crippen LogP contribution in [0.15, 0.2) is 24.5 Å². The first-order valence-corrected chi connectivity index (χ1v) is 3.15. The number of hydrogen-bond acceptors (Lipinski definition) is 2. The lowest BCUT2D eigenvalue weighted by molar-refractivity contribution is 0.116. The van der Waals surface area contributed by atoms with Gasteiger partial charge in [0.25, 0.3) is 6.43 Å². The van der Waals surface area contributed by atoms with Gasteiger partial charge in [-0.05, 0) is 17.7 Å². The minimum Gasteiger partial charge on any atom is -0.319 e. The van der Waals surface area contributed by atoms with Crippen LogP contribution in [0.25, 0.3) is 0 Å². The van der Waals surface area contributed by atoms with Gasteiger partial charge in [0, 0.05) is 12.4 Å². The minimum atomic E-state index is -2.52. The zero-order chi connectivity index (χ0) is 8.27. The van der Waals surface area contributed by atoms with E-state index in [0.29, 0.717) is 5.56 Å². The number of aromatic nitrogens is 1. The van der Waals surface area contributed by atoms with Gasteiger partial charge < -0.3 is 5.73 Å². The fourth-order valence-corrected chi connectivity index (χ4v) is 0.731. The van der Waals surface area contributed by atoms with Crippen LogP contribution in [0.1, 0.15) is 11.6 Å². The maximum absolute atomic E-state index is 12.0. The van der Waals surface area contributed by atoms with E-state index in [4.69, 9.17) is 5.73 Å². The maximum atomic E-state index is 12.0. The quantitative estimate of drug-likeness (QED) is 0.705. The second-order valence-electron chi connectivity index (χ2n) is 2.14. The molecule has 60 valence electrons. The van der Waals surface area contributed by atoms with Crippen LogP contribution in [0.3, 0.4) is 0 Å². The molecule has 2 nitrogen and oxygen atoms in total. The summed E-state index contributed by atoms with van der Waals surface area (Å²) < 4.78 is 23.9. The maximum Gasteiger partial charge on any atom is 0.257 e. The summed E-state index contributed by atoms with van der Waals surface area (Å²) in [4.78, 5) is 3.69. The summed E-state index contributed by atoms with van der Waals surface area (Å²) in [5.74, 6) is 0. The molecule has 0 aromatic carbocycles. The Kier molecular flexibility index (Phi) is 2.48. The van der Waals surface area contributed by atoms with Gasteiger partial charge in [-0.1, -0.05) is 0 Å². The Morgan fingerprint density at radius 1 is 1.27 bits per heavy atom. The molecule has 4 heteroatoms. The summed E-state index contributed by atoms with van der Waals surface area (Å²) in [6.45, 7) is 0. The highest BCUT2D eigenvalue weighted by molar-refractivity contribution is 5.14. The Bertz CT molecular complexity index is 213. The van der Waals surface area contributed by atoms with Gasteiger partial charge in [0.1, 0.15) is 0 Å². The van der Waals surface area contributed by atoms with Crippen molar-refractivity contribution < 1.29 is 8.78 Å². The number of alkyl halides is 2. The molecule has 0 unspecified atom stereocenters. The van der Waals surface area contributed by atoms with Gasteiger partial charge in [-0.3, -0.25) is 4.98 Å². The normalized spacial score (nSPS) is 13.5. The average molecular weight is 158 g/mol. The van der Waals surface area contributed by atoms with E-state index >= 15 is 0 Å². The molecule has 0 bridgehead atoms. The highest BCUT2D eigenvalue weighted by atomic mass is 19.3. The van der Waals surface area contributed by atoms with Gasteiger partial charge in [0.2, 0.25) is 0 Å². The van der Waals surface area contributed by atoms with E-state index in [1.165, 1.54) is 24.5 Å². The number of nitrogens with zero attached hydrogens (tertiary/aromatic N) is 1. The van der Waals surface area contributed by atoms with Crippen molar-refractivity contribution in [2.24, 2.45) is 5.73 Å². The molecule has 0 aliphatic carbocycles. The third kappa shape index (κ3) is 1.94. The van der Waals surface area contributed by atoms with E-state index in [2.05, 4.69) is 4.98 Å². The summed E-state index contributed by atoms with van der Waals surface area (Å²) in [7, 11) is 0. The van der Waals surface area contributed by atoms with Crippen LogP contribution in [0.5, 0.6) is 0 Å². The van der Waals surface area contributed by atoms with Crippen LogP contribution in [-0.4, -0.2) is 11.4 Å². The fraction of sp³-hybridized carbons (Fsp3) is 0.286. The molecule has 0 aliphatic rings. The molecule has 1 heterocycles. The highest BCUT2D eigenvalue weighted by Crippen LogP contribution is 2.15. The molecule has 1 aromatic rings. The monoisotopic (exact) mass is 158 g/mol. The smallest absolute Gasteiger partial charge is 0.257 e. The molecule has 1 atom stereocenters. The van der Waals surface area contributed by atoms with Crippen LogP contribution < -0.4 is 5.73 Å². The molecular formula is C7H8F2N2. The molecule has 0 spiro atoms. The van der Waals surface area contributed by atoms with E-state index in [1.54, 1.807) is 0 Å². The molecule has 0 radical (unpaired) electrons. The van der Waals surface area contributed by atoms with Crippen molar-refractivity contribution in [1.29, 1.82) is 0 Å². The fourth-order valence-electron chi connectivity index (χ4n) is 0.731. The van der Waals surface area contributed by atoms with Gasteiger partial charge in [-0.15, -0.1) is 0 Å². The Morgan fingerprint density at radius 2 is 1.82 bits per heavy atom. The third-order valence-electron chi connectivity index (χ3n) is 1.36. The Balaban J connectivity index is 2.77. The molecular weight excluding hydrogens is 150 g/mol. The summed E-state index contributed by atoms with van der Waals surface area (Å²) >= 11 is 0. The molecule has 0 saturated carbocycles. The molecule has 1 aromatic heterocycles. The SMILES string of the molecule is N[C@H](c1ccncc1)C(F)F. The number of rotatable bonds is 2. The largest absolute Gasteiger partial charge is 0.319 e. The third-order valence-corrected chi connectivity index (χ3v) is 1.36. The van der Waals surface area contributed by atoms with Crippen LogP contribution in [0.4, 0.5) is 8.78 Å². The predicted molar refractivity (Wildman–Crippen MR) is 37.2 cm³/mol. The standard InChI is InChI=1S/C7H8F2N2/c8-7(9)6(10)5-1-3-11-4-2-5/h1-4,6-7H,10H2/t6-/m1/s1. The van der Waals surface area contributed by atoms with Gasteiger partial charge in [0.05, 0.1) is 6.04 Å². The van der Waals surface area contributed by atoms with E-state index < -0.39 is 12.5 Å². The van der Waals surface area contributed by atoms with Crippen LogP contribution >= 0.6 is 0 Å². The van der Waals surface area contributed by atoms with Crippen molar-refractivity contribution in [3.05, 3.63) is 30.1 Å². The topological polar surface area (TPSA) is 38.9 Å². The van der Waals surface area contributed by atoms with E-state index in [0.717, 1.165) is 0 Å². The molecule has 1 rings (SSSR count). The van der Waals surface area contributed by atoms with Crippen molar-refractivity contribution in [2.45, 2.75) is 12.5 Å². The summed E-state index contributed by atoms with van der Waals surface area (Å²) in [5.41, 5.74) is 5.57. The van der Waals surface area contributed by atoms with Crippen LogP contribution in [-0.2, 0) is 0 Å². The first kappa shape index (κ1) is 8.07. The van der Waals surface area contributed by atoms with Crippen LogP contribution in [0, 0.1) is 0 Å². The van der Waals surface area contributed by atoms with Crippen molar-refractivity contribution in [3.8, 4) is 0 Å². The van der Waals surface area contributed by atoms with Crippen LogP contribution in [0.2, 0.25) is 0 Å². The van der Waals surface area contributed by atoms with E-state index in [-0.39, 0.29) is 0 Å². The summed E-state index contributed by atoms with van der Waals surface area (Å²) in [5, 5.41) is 0. The second kappa shape index (κ2) is 3.39. The predicted octanol–water partition coefficient (Wildman–Crippen LogP) is 1.35. The highest BCUT2D eigenvalue weighted by Gasteiger charge is 2.16. The lowest BCUT2D eigenvalue weighted by atomic mass is 10.1. The first-order valence-electron chi connectivity index (χ1n) is 3.15. The Morgan fingerprint density at radius 3 is 2.27 bits per heavy atom. The Labute approximate surface area is 63.1 Å². The number of pyridine rings is 1. The van der Waals surface area contributed by atoms with Crippen molar-refractivity contribution in [3.63, 3.8) is 0 Å². The van der Waals surface area contributed by atoms with Gasteiger partial charge >= 0.3 is 0 Å². The number of halogens is 2. The van der Waals surface area contributed by atoms with E-state index in [1.807, 2.05) is 0 Å². The average Bonchev–Trinajstić information content (AvgIpc) is 2.05. The van der Waals surface area contributed by atoms with Gasteiger partial charge in [-0.2, -0.15) is 0 Å². The van der Waals surface area contributed by atoms with E-state index in [9.17, 15) is 8.78 Å². The molecule has 11 heavy (non-hydrogen) atoms. The first-order chi connectivity index (χ1) is 5.22. The van der Waals surface area contributed by atoms with Gasteiger partial charge in [-0.25, -0.2) is 8.78 Å². The van der Waals surface area contributed by atoms with Crippen molar-refractivity contribution in [1.82, 2.24) is 4.98 Å². The molecule has 0 fully saturated rings. The molecule has 2 N–H and O–H groups in total. The second-order valence-corrected chi connectivity index (χ2v) is 2.14. The minimum absolute atomic E-state index is 0.412. The Hall–Kier alpha value is -1.03.